The fourth-order valence-corrected chi connectivity index (χ4v) is 18.0. The zero-order valence-corrected chi connectivity index (χ0v) is 68.3. The number of aldehydes is 1. The van der Waals surface area contributed by atoms with Crippen molar-refractivity contribution < 1.29 is 79.9 Å². The molecule has 552 valence electrons. The molecule has 1 heterocycles. The van der Waals surface area contributed by atoms with Crippen molar-refractivity contribution in [1.82, 2.24) is 4.57 Å². The minimum Gasteiger partial charge on any atom is -0.850 e. The molecule has 1 aromatic heterocycles. The van der Waals surface area contributed by atoms with Crippen LogP contribution in [0.3, 0.4) is 0 Å². The van der Waals surface area contributed by atoms with Crippen molar-refractivity contribution in [1.29, 1.82) is 5.26 Å². The maximum Gasteiger partial charge on any atom is 1.00 e. The van der Waals surface area contributed by atoms with E-state index in [0.717, 1.165) is 100 Å². The van der Waals surface area contributed by atoms with E-state index < -0.39 is 13.9 Å². The Bertz CT molecular complexity index is 4360. The third-order valence-corrected chi connectivity index (χ3v) is 24.6. The molecule has 0 aliphatic heterocycles. The molecule has 1 atom stereocenters. The predicted molar refractivity (Wildman–Crippen MR) is 432 cm³/mol. The average Bonchev–Trinajstić information content (AvgIpc) is 0.861. The Balaban J connectivity index is 0.000000218. The van der Waals surface area contributed by atoms with Gasteiger partial charge in [0, 0.05) is 29.7 Å². The summed E-state index contributed by atoms with van der Waals surface area (Å²) in [6, 6.07) is 76.9. The molecule has 0 radical (unpaired) electrons. The smallest absolute Gasteiger partial charge is 0.850 e. The van der Waals surface area contributed by atoms with Crippen molar-refractivity contribution in [2.75, 3.05) is 35.9 Å². The summed E-state index contributed by atoms with van der Waals surface area (Å²) in [6.45, 7) is 48.7. The molecule has 3 fully saturated rings. The zero-order valence-electron chi connectivity index (χ0n) is 64.2. The molecule has 0 spiro atoms. The maximum atomic E-state index is 10.3. The third kappa shape index (κ3) is 25.6. The fourth-order valence-electron chi connectivity index (χ4n) is 13.4. The van der Waals surface area contributed by atoms with E-state index in [1.54, 1.807) is 20.8 Å². The molecule has 0 bridgehead atoms. The summed E-state index contributed by atoms with van der Waals surface area (Å²) in [5.74, 6) is 5.54. The number of hydrogen-bond donors (Lipinski definition) is 2. The predicted octanol–water partition coefficient (Wildman–Crippen LogP) is 16.9. The number of aromatic nitrogens is 1. The number of anilines is 3. The average molecular weight is 1490 g/mol. The number of nitriles is 1. The maximum absolute atomic E-state index is 10.3. The molecule has 8 aromatic carbocycles. The van der Waals surface area contributed by atoms with E-state index in [9.17, 15) is 9.90 Å². The largest absolute Gasteiger partial charge is 1.00 e. The summed E-state index contributed by atoms with van der Waals surface area (Å²) < 4.78 is 26.5. The van der Waals surface area contributed by atoms with Crippen molar-refractivity contribution in [3.8, 4) is 29.0 Å². The van der Waals surface area contributed by atoms with Crippen LogP contribution < -0.4 is 97.0 Å². The second-order valence-corrected chi connectivity index (χ2v) is 33.7. The van der Waals surface area contributed by atoms with Crippen molar-refractivity contribution in [3.63, 3.8) is 0 Å². The Hall–Kier alpha value is -9.53. The van der Waals surface area contributed by atoms with Gasteiger partial charge in [-0.3, -0.25) is 19.2 Å². The Labute approximate surface area is 685 Å². The van der Waals surface area contributed by atoms with E-state index in [1.807, 2.05) is 186 Å². The Kier molecular flexibility index (Phi) is 34.5. The van der Waals surface area contributed by atoms with Gasteiger partial charge in [-0.25, -0.2) is 18.0 Å². The first-order valence-corrected chi connectivity index (χ1v) is 38.9. The van der Waals surface area contributed by atoms with Gasteiger partial charge in [-0.05, 0) is 166 Å². The number of benzene rings is 8. The molecular weight excluding hydrogens is 1380 g/mol. The number of carbonyl (C=O) groups excluding carboxylic acids is 1. The van der Waals surface area contributed by atoms with Gasteiger partial charge in [0.15, 0.2) is 5.70 Å². The van der Waals surface area contributed by atoms with Crippen LogP contribution in [0, 0.1) is 73.1 Å². The molecule has 12 rings (SSSR count). The molecular formula is C91H102KN9O6Si. The number of carbonyl (C=O) groups is 1. The van der Waals surface area contributed by atoms with Gasteiger partial charge < -0.3 is 44.4 Å². The van der Waals surface area contributed by atoms with E-state index in [0.29, 0.717) is 68.1 Å². The van der Waals surface area contributed by atoms with Crippen molar-refractivity contribution in [2.45, 2.75) is 143 Å². The summed E-state index contributed by atoms with van der Waals surface area (Å²) in [6.07, 6.45) is 13.4. The number of rotatable bonds is 26. The summed E-state index contributed by atoms with van der Waals surface area (Å²) in [7, 11) is -2.59. The summed E-state index contributed by atoms with van der Waals surface area (Å²) in [5.41, 5.74) is 14.2. The van der Waals surface area contributed by atoms with Crippen LogP contribution in [0.1, 0.15) is 135 Å². The van der Waals surface area contributed by atoms with Crippen molar-refractivity contribution in [3.05, 3.63) is 310 Å². The normalized spacial score (nSPS) is 17.0. The van der Waals surface area contributed by atoms with Gasteiger partial charge in [0.2, 0.25) is 0 Å². The van der Waals surface area contributed by atoms with Gasteiger partial charge in [0.05, 0.1) is 24.5 Å². The number of nitrogens with two attached hydrogens (primary N) is 1. The number of ether oxygens (including phenoxy) is 3. The van der Waals surface area contributed by atoms with Gasteiger partial charge in [-0.2, -0.15) is 5.26 Å². The topological polar surface area (TPSA) is 164 Å². The number of allylic oxidation sites excluding steroid dienone is 1. The first kappa shape index (κ1) is 85.7. The molecule has 0 amide bonds. The van der Waals surface area contributed by atoms with Crippen LogP contribution in [0.5, 0.6) is 17.2 Å². The zero-order chi connectivity index (χ0) is 76.6. The van der Waals surface area contributed by atoms with Gasteiger partial charge >= 0.3 is 51.4 Å². The van der Waals surface area contributed by atoms with Crippen LogP contribution in [0.2, 0.25) is 5.04 Å². The fraction of sp³-hybridized carbons (Fsp3) is 0.341. The molecule has 1 unspecified atom stereocenters. The summed E-state index contributed by atoms with van der Waals surface area (Å²) in [5, 5.41) is 24.1. The van der Waals surface area contributed by atoms with E-state index in [2.05, 4.69) is 126 Å². The van der Waals surface area contributed by atoms with E-state index in [4.69, 9.17) is 55.9 Å². The van der Waals surface area contributed by atoms with Gasteiger partial charge in [-0.15, -0.1) is 5.60 Å². The molecule has 3 aliphatic rings. The van der Waals surface area contributed by atoms with Gasteiger partial charge in [0.1, 0.15) is 55.0 Å². The summed E-state index contributed by atoms with van der Waals surface area (Å²) in [4.78, 5) is 26.7. The number of hydrogen-bond acceptors (Lipinski definition) is 10. The first-order valence-electron chi connectivity index (χ1n) is 37.0. The van der Waals surface area contributed by atoms with Crippen LogP contribution in [0.15, 0.2) is 243 Å². The van der Waals surface area contributed by atoms with Crippen molar-refractivity contribution >= 4 is 47.9 Å². The van der Waals surface area contributed by atoms with E-state index >= 15 is 0 Å². The van der Waals surface area contributed by atoms with Crippen molar-refractivity contribution in [2.24, 2.45) is 35.5 Å². The molecule has 3 aliphatic carbocycles. The van der Waals surface area contributed by atoms with Gasteiger partial charge in [-0.1, -0.05) is 239 Å². The third-order valence-electron chi connectivity index (χ3n) is 19.6. The number of nitrogens with zero attached hydrogens (tertiary/aromatic N) is 7. The molecule has 108 heavy (non-hydrogen) atoms. The monoisotopic (exact) mass is 1480 g/mol. The summed E-state index contributed by atoms with van der Waals surface area (Å²) >= 11 is 0. The number of nitrogens with one attached hydrogen (secondary N) is 1. The SMILES string of the molecule is CC(C)(C)[O-].CCC1CC(C(C#N)C=O)C1.[C-]#[N+]CN(/C=C(\[N+]#[C-])C1CC(CO[Si](c2ccccc2)(c2ccccc2)C(C)(C)C)C1)c1ccc(OCc2ccccc2)cc1.[C-]#[N+]CNc1ccc(OCc2ccccc2)cc1.[C-]#[N+]c1c(N)c(C2CC(CC)C2)cn1-c1ccc(OCc2ccccc2)cc1.[K+]. The molecule has 15 nitrogen and oxygen atoms in total. The number of nitrogen functional groups attached to an aromatic ring is 1. The first-order chi connectivity index (χ1) is 51.7. The second-order valence-electron chi connectivity index (χ2n) is 29.4. The van der Waals surface area contributed by atoms with Crippen LogP contribution in [0.25, 0.3) is 25.1 Å². The van der Waals surface area contributed by atoms with Crippen LogP contribution in [0.4, 0.5) is 22.9 Å². The standard InChI is InChI=1S/C39H41N3O2Si.C24H25N3O.C15H14N2O.C9H13NO.C4H9O.K/c1-39(2,3)45(36-17-11-7-12-18-36,37-19-13-8-14-20-37)44-29-32-25-33(26-32)38(41-5)27-42(30-40-4)34-21-23-35(24-22-34)43-28-31-15-9-6-10-16-31;1-3-17-13-19(14-17)22-15-27(24(26-2)23(22)25)20-9-11-21(12-10-20)28-16-18-7-5-4-6-8-18;1-16-12-17-14-7-9-15(10-8-14)18-11-13-5-3-2-4-6-13;1-2-7-3-8(4-7)9(5-10)6-11;1-4(2,3)5;/h6-24,27,32-33H,25-26,28-30H2,1-3H3;4-12,15,17,19H,3,13-14,16,25H2,1H3;2-10,17H,11-12H2;6-9H,2-4H2,1H3;1-3H3;/q;;;;-1;+1/b38-27-;;;;;. The second kappa shape index (κ2) is 43.5. The molecule has 0 saturated heterocycles. The Morgan fingerprint density at radius 3 is 1.46 bits per heavy atom. The molecule has 9 aromatic rings. The Morgan fingerprint density at radius 2 is 1.06 bits per heavy atom. The van der Waals surface area contributed by atoms with Crippen LogP contribution >= 0.6 is 0 Å². The van der Waals surface area contributed by atoms with Crippen LogP contribution in [-0.2, 0) is 29.0 Å². The van der Waals surface area contributed by atoms with Gasteiger partial charge in [0.25, 0.3) is 27.5 Å². The van der Waals surface area contributed by atoms with E-state index in [1.165, 1.54) is 36.1 Å². The minimum absolute atomic E-state index is 0. The quantitative estimate of drug-likeness (QED) is 0.0303. The van der Waals surface area contributed by atoms with Crippen LogP contribution in [-0.4, -0.2) is 44.7 Å². The minimum atomic E-state index is -2.59. The Morgan fingerprint density at radius 1 is 0.630 bits per heavy atom. The molecule has 3 N–H and O–H groups in total. The molecule has 3 saturated carbocycles. The van der Waals surface area contributed by atoms with E-state index in [-0.39, 0.29) is 74.9 Å². The molecule has 17 heteroatoms.